The van der Waals surface area contributed by atoms with Crippen molar-refractivity contribution in [2.24, 2.45) is 7.05 Å². The number of amides is 1. The minimum Gasteiger partial charge on any atom is -0.493 e. The molecule has 0 saturated carbocycles. The molecule has 0 saturated heterocycles. The number of benzene rings is 1. The molecule has 22 heavy (non-hydrogen) atoms. The van der Waals surface area contributed by atoms with Crippen LogP contribution in [0.3, 0.4) is 0 Å². The number of rotatable bonds is 4. The Kier molecular flexibility index (Phi) is 4.06. The van der Waals surface area contributed by atoms with E-state index in [-0.39, 0.29) is 0 Å². The van der Waals surface area contributed by atoms with Crippen molar-refractivity contribution in [2.45, 2.75) is 19.5 Å². The van der Waals surface area contributed by atoms with Crippen LogP contribution in [0.1, 0.15) is 16.8 Å². The molecule has 1 aliphatic rings. The van der Waals surface area contributed by atoms with Crippen LogP contribution in [-0.2, 0) is 26.6 Å². The van der Waals surface area contributed by atoms with E-state index in [9.17, 15) is 4.79 Å². The average molecular weight is 366 g/mol. The summed E-state index contributed by atoms with van der Waals surface area (Å²) in [6.45, 7) is 1.33. The van der Waals surface area contributed by atoms with Crippen LogP contribution >= 0.6 is 15.9 Å². The highest BCUT2D eigenvalue weighted by atomic mass is 79.9. The Hall–Kier alpha value is -2.02. The van der Waals surface area contributed by atoms with Gasteiger partial charge in [-0.05, 0) is 27.6 Å². The summed E-state index contributed by atoms with van der Waals surface area (Å²) in [5.41, 5.74) is 3.05. The predicted octanol–water partition coefficient (Wildman–Crippen LogP) is 2.80. The second-order valence-electron chi connectivity index (χ2n) is 5.19. The highest BCUT2D eigenvalue weighted by Crippen LogP contribution is 2.31. The molecule has 1 aliphatic heterocycles. The number of ether oxygens (including phenoxy) is 1. The lowest BCUT2D eigenvalue weighted by atomic mass is 10.1. The van der Waals surface area contributed by atoms with Crippen LogP contribution in [0.15, 0.2) is 28.9 Å². The second kappa shape index (κ2) is 6.00. The van der Waals surface area contributed by atoms with Gasteiger partial charge in [0.05, 0.1) is 29.5 Å². The summed E-state index contributed by atoms with van der Waals surface area (Å²) in [6.07, 6.45) is 1.59. The molecule has 6 nitrogen and oxygen atoms in total. The Labute approximate surface area is 136 Å². The van der Waals surface area contributed by atoms with Gasteiger partial charge in [-0.1, -0.05) is 12.1 Å². The monoisotopic (exact) mass is 365 g/mol. The minimum atomic E-state index is -0.902. The largest absolute Gasteiger partial charge is 0.493 e. The standard InChI is InChI=1S/C15H16BrN3O3/c1-18-13(12(16)7-17-18)5-6-22-14-4-2-3-10-8-19(15(20)21)9-11(10)14/h2-4,7H,5-6,8-9H2,1H3,(H,20,21). The van der Waals surface area contributed by atoms with E-state index in [2.05, 4.69) is 21.0 Å². The van der Waals surface area contributed by atoms with Crippen molar-refractivity contribution in [1.82, 2.24) is 14.7 Å². The molecule has 1 N–H and O–H groups in total. The Bertz CT molecular complexity index is 695. The van der Waals surface area contributed by atoms with E-state index in [4.69, 9.17) is 9.84 Å². The maximum atomic E-state index is 11.1. The molecule has 2 heterocycles. The molecule has 0 aliphatic carbocycles. The van der Waals surface area contributed by atoms with E-state index in [0.29, 0.717) is 19.7 Å². The number of carboxylic acid groups (broad SMARTS) is 1. The van der Waals surface area contributed by atoms with Gasteiger partial charge in [0.25, 0.3) is 0 Å². The molecule has 0 atom stereocenters. The predicted molar refractivity (Wildman–Crippen MR) is 83.8 cm³/mol. The smallest absolute Gasteiger partial charge is 0.407 e. The maximum absolute atomic E-state index is 11.1. The zero-order chi connectivity index (χ0) is 15.7. The fourth-order valence-corrected chi connectivity index (χ4v) is 3.18. The molecule has 1 amide bonds. The second-order valence-corrected chi connectivity index (χ2v) is 6.05. The van der Waals surface area contributed by atoms with E-state index >= 15 is 0 Å². The van der Waals surface area contributed by atoms with E-state index in [0.717, 1.165) is 33.5 Å². The Morgan fingerprint density at radius 2 is 2.27 bits per heavy atom. The summed E-state index contributed by atoms with van der Waals surface area (Å²) >= 11 is 3.47. The van der Waals surface area contributed by atoms with Crippen LogP contribution in [0.2, 0.25) is 0 Å². The van der Waals surface area contributed by atoms with Crippen LogP contribution in [0, 0.1) is 0 Å². The topological polar surface area (TPSA) is 67.6 Å². The van der Waals surface area contributed by atoms with Crippen molar-refractivity contribution in [1.29, 1.82) is 0 Å². The molecule has 0 unspecified atom stereocenters. The minimum absolute atomic E-state index is 0.385. The van der Waals surface area contributed by atoms with Gasteiger partial charge in [0.1, 0.15) is 5.75 Å². The number of hydrogen-bond acceptors (Lipinski definition) is 3. The summed E-state index contributed by atoms with van der Waals surface area (Å²) in [5, 5.41) is 13.3. The average Bonchev–Trinajstić information content (AvgIpc) is 3.05. The first kappa shape index (κ1) is 14.9. The summed E-state index contributed by atoms with van der Waals surface area (Å²) in [6, 6.07) is 5.74. The van der Waals surface area contributed by atoms with Crippen LogP contribution in [0.4, 0.5) is 4.79 Å². The third kappa shape index (κ3) is 2.81. The molecule has 0 radical (unpaired) electrons. The Balaban J connectivity index is 1.68. The lowest BCUT2D eigenvalue weighted by Crippen LogP contribution is -2.22. The number of aryl methyl sites for hydroxylation is 1. The van der Waals surface area contributed by atoms with Gasteiger partial charge < -0.3 is 9.84 Å². The van der Waals surface area contributed by atoms with Crippen molar-refractivity contribution in [3.63, 3.8) is 0 Å². The molecule has 0 bridgehead atoms. The van der Waals surface area contributed by atoms with Crippen molar-refractivity contribution in [3.05, 3.63) is 45.7 Å². The first-order valence-corrected chi connectivity index (χ1v) is 7.73. The fourth-order valence-electron chi connectivity index (χ4n) is 2.64. The molecule has 116 valence electrons. The van der Waals surface area contributed by atoms with Gasteiger partial charge in [-0.15, -0.1) is 0 Å². The highest BCUT2D eigenvalue weighted by Gasteiger charge is 2.25. The van der Waals surface area contributed by atoms with Crippen molar-refractivity contribution < 1.29 is 14.6 Å². The third-order valence-electron chi connectivity index (χ3n) is 3.82. The zero-order valence-corrected chi connectivity index (χ0v) is 13.7. The summed E-state index contributed by atoms with van der Waals surface area (Å²) in [4.78, 5) is 12.5. The van der Waals surface area contributed by atoms with Crippen molar-refractivity contribution in [2.75, 3.05) is 6.61 Å². The molecule has 0 spiro atoms. The zero-order valence-electron chi connectivity index (χ0n) is 12.1. The SMILES string of the molecule is Cn1ncc(Br)c1CCOc1cccc2c1CN(C(=O)O)C2. The van der Waals surface area contributed by atoms with Gasteiger partial charge in [0.15, 0.2) is 0 Å². The lowest BCUT2D eigenvalue weighted by molar-refractivity contribution is 0.145. The molecule has 1 aromatic carbocycles. The van der Waals surface area contributed by atoms with E-state index in [1.165, 1.54) is 4.90 Å². The van der Waals surface area contributed by atoms with Crippen LogP contribution in [0.25, 0.3) is 0 Å². The highest BCUT2D eigenvalue weighted by molar-refractivity contribution is 9.10. The number of aromatic nitrogens is 2. The number of nitrogens with zero attached hydrogens (tertiary/aromatic N) is 3. The molecule has 2 aromatic rings. The van der Waals surface area contributed by atoms with E-state index < -0.39 is 6.09 Å². The van der Waals surface area contributed by atoms with Crippen molar-refractivity contribution >= 4 is 22.0 Å². The number of halogens is 1. The molecule has 3 rings (SSSR count). The van der Waals surface area contributed by atoms with Crippen LogP contribution in [0.5, 0.6) is 5.75 Å². The molecular formula is C15H16BrN3O3. The van der Waals surface area contributed by atoms with Crippen LogP contribution in [-0.4, -0.2) is 32.5 Å². The number of hydrogen-bond donors (Lipinski definition) is 1. The Morgan fingerprint density at radius 1 is 1.45 bits per heavy atom. The van der Waals surface area contributed by atoms with Gasteiger partial charge in [-0.2, -0.15) is 5.10 Å². The van der Waals surface area contributed by atoms with Gasteiger partial charge >= 0.3 is 6.09 Å². The maximum Gasteiger partial charge on any atom is 0.407 e. The van der Waals surface area contributed by atoms with E-state index in [1.807, 2.05) is 29.9 Å². The van der Waals surface area contributed by atoms with Gasteiger partial charge in [0, 0.05) is 25.6 Å². The summed E-state index contributed by atoms with van der Waals surface area (Å²) < 4.78 is 8.66. The van der Waals surface area contributed by atoms with Crippen molar-refractivity contribution in [3.8, 4) is 5.75 Å². The fraction of sp³-hybridized carbons (Fsp3) is 0.333. The normalized spacial score (nSPS) is 13.3. The number of carbonyl (C=O) groups is 1. The first-order valence-electron chi connectivity index (χ1n) is 6.94. The lowest BCUT2D eigenvalue weighted by Gasteiger charge is -2.11. The van der Waals surface area contributed by atoms with Crippen LogP contribution < -0.4 is 4.74 Å². The quantitative estimate of drug-likeness (QED) is 0.904. The molecule has 1 aromatic heterocycles. The third-order valence-corrected chi connectivity index (χ3v) is 4.48. The number of fused-ring (bicyclic) bond motifs is 1. The van der Waals surface area contributed by atoms with E-state index in [1.54, 1.807) is 6.20 Å². The summed E-state index contributed by atoms with van der Waals surface area (Å²) in [7, 11) is 1.89. The molecule has 7 heteroatoms. The van der Waals surface area contributed by atoms with Gasteiger partial charge in [-0.25, -0.2) is 4.79 Å². The van der Waals surface area contributed by atoms with Gasteiger partial charge in [0.2, 0.25) is 0 Å². The first-order chi connectivity index (χ1) is 10.6. The molecular weight excluding hydrogens is 350 g/mol. The van der Waals surface area contributed by atoms with Gasteiger partial charge in [-0.3, -0.25) is 9.58 Å². The molecule has 0 fully saturated rings. The summed E-state index contributed by atoms with van der Waals surface area (Å²) in [5.74, 6) is 0.763. The Morgan fingerprint density at radius 3 is 2.95 bits per heavy atom.